The number of hydrogen-bond acceptors (Lipinski definition) is 7. The molecule has 0 unspecified atom stereocenters. The molecule has 1 amide bonds. The first-order chi connectivity index (χ1) is 20.2. The molecule has 216 valence electrons. The van der Waals surface area contributed by atoms with Gasteiger partial charge in [0.25, 0.3) is 0 Å². The predicted molar refractivity (Wildman–Crippen MR) is 162 cm³/mol. The first-order valence-corrected chi connectivity index (χ1v) is 14.5. The van der Waals surface area contributed by atoms with E-state index in [-0.39, 0.29) is 45.2 Å². The fourth-order valence-corrected chi connectivity index (χ4v) is 7.03. The molecule has 42 heavy (non-hydrogen) atoms. The highest BCUT2D eigenvalue weighted by molar-refractivity contribution is 6.35. The average Bonchev–Trinajstić information content (AvgIpc) is 3.34. The second kappa shape index (κ2) is 10.1. The van der Waals surface area contributed by atoms with Crippen LogP contribution in [-0.2, 0) is 4.79 Å². The summed E-state index contributed by atoms with van der Waals surface area (Å²) in [6, 6.07) is 12.7. The average molecular weight is 588 g/mol. The van der Waals surface area contributed by atoms with E-state index in [9.17, 15) is 9.90 Å². The van der Waals surface area contributed by atoms with Crippen LogP contribution < -0.4 is 9.64 Å². The molecular formula is C32H31ClFN5O3. The number of anilines is 1. The zero-order chi connectivity index (χ0) is 29.2. The minimum atomic E-state index is -0.596. The molecule has 1 atom stereocenters. The van der Waals surface area contributed by atoms with Crippen molar-refractivity contribution in [3.05, 3.63) is 66.0 Å². The van der Waals surface area contributed by atoms with Gasteiger partial charge in [0.05, 0.1) is 5.02 Å². The number of phenols is 1. The van der Waals surface area contributed by atoms with Gasteiger partial charge in [-0.25, -0.2) is 4.39 Å². The van der Waals surface area contributed by atoms with Crippen LogP contribution in [0.15, 0.2) is 55.1 Å². The van der Waals surface area contributed by atoms with Crippen molar-refractivity contribution < 1.29 is 19.0 Å². The van der Waals surface area contributed by atoms with E-state index < -0.39 is 5.82 Å². The number of carbonyl (C=O) groups excluding carboxylic acids is 1. The number of carbonyl (C=O) groups is 1. The number of likely N-dealkylation sites (tertiary alicyclic amines) is 2. The van der Waals surface area contributed by atoms with Crippen molar-refractivity contribution in [1.29, 1.82) is 0 Å². The summed E-state index contributed by atoms with van der Waals surface area (Å²) in [6.07, 6.45) is 3.46. The Bertz CT molecular complexity index is 1750. The molecule has 1 N–H and O–H groups in total. The molecule has 4 aromatic rings. The SMILES string of the molecule is C=CC(=O)N1CC2(C1)CN(c1nc(OC[C@@H]3CCCN3C)nc3c(F)c(-c4cc(O)cc5ccccc45)c(Cl)cc13)C2. The standard InChI is InChI=1S/C32H31ClFN5O3/c1-3-26(41)38-15-32(16-38)17-39(18-32)30-24-13-25(33)27(23-12-21(40)11-19-7-4-5-9-22(19)23)28(34)29(24)35-31(36-30)42-14-20-8-6-10-37(20)2/h3-5,7,9,11-13,20,40H,1,6,8,10,14-18H2,2H3/t20-/m0/s1. The summed E-state index contributed by atoms with van der Waals surface area (Å²) >= 11 is 6.82. The van der Waals surface area contributed by atoms with Gasteiger partial charge in [-0.1, -0.05) is 42.4 Å². The lowest BCUT2D eigenvalue weighted by molar-refractivity contribution is -0.139. The molecule has 8 nitrogen and oxygen atoms in total. The Kier molecular flexibility index (Phi) is 6.47. The van der Waals surface area contributed by atoms with E-state index >= 15 is 4.39 Å². The molecule has 0 saturated carbocycles. The number of hydrogen-bond donors (Lipinski definition) is 1. The van der Waals surface area contributed by atoms with E-state index in [0.29, 0.717) is 49.6 Å². The molecule has 10 heteroatoms. The minimum absolute atomic E-state index is 0.0164. The van der Waals surface area contributed by atoms with E-state index in [2.05, 4.69) is 28.4 Å². The number of aromatic hydroxyl groups is 1. The van der Waals surface area contributed by atoms with Crippen molar-refractivity contribution in [2.45, 2.75) is 18.9 Å². The maximum atomic E-state index is 16.6. The fraction of sp³-hybridized carbons (Fsp3) is 0.344. The van der Waals surface area contributed by atoms with Crippen molar-refractivity contribution in [3.63, 3.8) is 0 Å². The monoisotopic (exact) mass is 587 g/mol. The summed E-state index contributed by atoms with van der Waals surface area (Å²) in [5.41, 5.74) is 0.737. The third-order valence-electron chi connectivity index (χ3n) is 8.93. The summed E-state index contributed by atoms with van der Waals surface area (Å²) in [4.78, 5) is 27.4. The molecule has 7 rings (SSSR count). The van der Waals surface area contributed by atoms with Gasteiger partial charge in [-0.05, 0) is 67.0 Å². The molecule has 3 aliphatic rings. The summed E-state index contributed by atoms with van der Waals surface area (Å²) in [6.45, 7) is 7.64. The van der Waals surface area contributed by atoms with Crippen LogP contribution in [0.25, 0.3) is 32.8 Å². The number of phenolic OH excluding ortho intramolecular Hbond substituents is 1. The van der Waals surface area contributed by atoms with E-state index in [4.69, 9.17) is 21.3 Å². The highest BCUT2D eigenvalue weighted by Crippen LogP contribution is 2.46. The lowest BCUT2D eigenvalue weighted by Crippen LogP contribution is -2.73. The number of ether oxygens (including phenoxy) is 1. The first kappa shape index (κ1) is 26.9. The van der Waals surface area contributed by atoms with Crippen molar-refractivity contribution in [1.82, 2.24) is 19.8 Å². The highest BCUT2D eigenvalue weighted by Gasteiger charge is 2.53. The van der Waals surface area contributed by atoms with Crippen molar-refractivity contribution in [3.8, 4) is 22.9 Å². The molecule has 3 saturated heterocycles. The smallest absolute Gasteiger partial charge is 0.319 e. The van der Waals surface area contributed by atoms with Gasteiger partial charge in [0.2, 0.25) is 5.91 Å². The van der Waals surface area contributed by atoms with Gasteiger partial charge in [0, 0.05) is 48.6 Å². The van der Waals surface area contributed by atoms with E-state index in [1.54, 1.807) is 17.0 Å². The van der Waals surface area contributed by atoms with Crippen molar-refractivity contribution in [2.24, 2.45) is 5.41 Å². The van der Waals surface area contributed by atoms with Crippen LogP contribution in [-0.4, -0.2) is 83.2 Å². The number of fused-ring (bicyclic) bond motifs is 2. The highest BCUT2D eigenvalue weighted by atomic mass is 35.5. The number of halogens is 2. The number of amides is 1. The zero-order valence-corrected chi connectivity index (χ0v) is 24.1. The fourth-order valence-electron chi connectivity index (χ4n) is 6.74. The lowest BCUT2D eigenvalue weighted by atomic mass is 9.72. The third kappa shape index (κ3) is 4.42. The summed E-state index contributed by atoms with van der Waals surface area (Å²) in [5, 5.41) is 12.7. The molecule has 4 heterocycles. The normalized spacial score (nSPS) is 19.7. The number of likely N-dealkylation sites (N-methyl/N-ethyl adjacent to an activating group) is 1. The molecular weight excluding hydrogens is 557 g/mol. The molecule has 1 aromatic heterocycles. The quantitative estimate of drug-likeness (QED) is 0.308. The van der Waals surface area contributed by atoms with Crippen LogP contribution in [0, 0.1) is 11.2 Å². The van der Waals surface area contributed by atoms with Crippen molar-refractivity contribution >= 4 is 45.0 Å². The Morgan fingerprint density at radius 2 is 1.98 bits per heavy atom. The number of rotatable bonds is 6. The van der Waals surface area contributed by atoms with Gasteiger partial charge in [0.1, 0.15) is 23.7 Å². The van der Waals surface area contributed by atoms with E-state index in [1.807, 2.05) is 24.3 Å². The second-order valence-corrected chi connectivity index (χ2v) is 12.2. The molecule has 0 aliphatic carbocycles. The molecule has 0 bridgehead atoms. The predicted octanol–water partition coefficient (Wildman–Crippen LogP) is 5.26. The van der Waals surface area contributed by atoms with Gasteiger partial charge in [0.15, 0.2) is 5.82 Å². The number of nitrogens with zero attached hydrogens (tertiary/aromatic N) is 5. The summed E-state index contributed by atoms with van der Waals surface area (Å²) in [7, 11) is 2.07. The molecule has 1 spiro atoms. The Hall–Kier alpha value is -3.95. The van der Waals surface area contributed by atoms with E-state index in [0.717, 1.165) is 30.2 Å². The van der Waals surface area contributed by atoms with E-state index in [1.165, 1.54) is 12.1 Å². The third-order valence-corrected chi connectivity index (χ3v) is 9.22. The number of aromatic nitrogens is 2. The van der Waals surface area contributed by atoms with Crippen LogP contribution in [0.5, 0.6) is 11.8 Å². The topological polar surface area (TPSA) is 82.0 Å². The molecule has 3 aromatic carbocycles. The minimum Gasteiger partial charge on any atom is -0.508 e. The Morgan fingerprint density at radius 3 is 2.71 bits per heavy atom. The van der Waals surface area contributed by atoms with Crippen molar-refractivity contribution in [2.75, 3.05) is 51.3 Å². The summed E-state index contributed by atoms with van der Waals surface area (Å²) < 4.78 is 22.7. The zero-order valence-electron chi connectivity index (χ0n) is 23.3. The van der Waals surface area contributed by atoms with Crippen LogP contribution in [0.3, 0.4) is 0 Å². The first-order valence-electron chi connectivity index (χ1n) is 14.2. The Labute approximate surface area is 248 Å². The lowest BCUT2D eigenvalue weighted by Gasteiger charge is -2.60. The Morgan fingerprint density at radius 1 is 1.19 bits per heavy atom. The largest absolute Gasteiger partial charge is 0.508 e. The van der Waals surface area contributed by atoms with Gasteiger partial charge in [-0.15, -0.1) is 0 Å². The molecule has 0 radical (unpaired) electrons. The second-order valence-electron chi connectivity index (χ2n) is 11.8. The summed E-state index contributed by atoms with van der Waals surface area (Å²) in [5.74, 6) is -0.0916. The van der Waals surface area contributed by atoms with Crippen LogP contribution in [0.2, 0.25) is 5.02 Å². The molecule has 3 aliphatic heterocycles. The van der Waals surface area contributed by atoms with Gasteiger partial charge in [-0.2, -0.15) is 9.97 Å². The molecule has 3 fully saturated rings. The van der Waals surface area contributed by atoms with Crippen LogP contribution in [0.1, 0.15) is 12.8 Å². The maximum absolute atomic E-state index is 16.6. The van der Waals surface area contributed by atoms with Gasteiger partial charge < -0.3 is 24.5 Å². The van der Waals surface area contributed by atoms with Gasteiger partial charge in [-0.3, -0.25) is 4.79 Å². The maximum Gasteiger partial charge on any atom is 0.319 e. The number of benzene rings is 3. The van der Waals surface area contributed by atoms with Gasteiger partial charge >= 0.3 is 6.01 Å². The Balaban J connectivity index is 1.31. The van der Waals surface area contributed by atoms with Crippen LogP contribution >= 0.6 is 11.6 Å². The van der Waals surface area contributed by atoms with Crippen LogP contribution in [0.4, 0.5) is 10.2 Å².